The Morgan fingerprint density at radius 2 is 2.11 bits per heavy atom. The largest absolute Gasteiger partial charge is 0.437 e. The van der Waals surface area contributed by atoms with Gasteiger partial charge >= 0.3 is 0 Å². The molecule has 2 N–H and O–H groups in total. The molecule has 0 spiro atoms. The second-order valence-electron chi connectivity index (χ2n) is 3.53. The summed E-state index contributed by atoms with van der Waals surface area (Å²) in [4.78, 5) is 8.47. The summed E-state index contributed by atoms with van der Waals surface area (Å²) >= 11 is 8.35. The number of aryl methyl sites for hydroxylation is 1. The van der Waals surface area contributed by atoms with E-state index < -0.39 is 0 Å². The zero-order valence-corrected chi connectivity index (χ0v) is 12.0. The zero-order chi connectivity index (χ0) is 13.1. The third-order valence-electron chi connectivity index (χ3n) is 2.18. The molecule has 2 aromatic rings. The summed E-state index contributed by atoms with van der Waals surface area (Å²) in [7, 11) is 0. The van der Waals surface area contributed by atoms with Crippen LogP contribution >= 0.6 is 28.1 Å². The first-order valence-corrected chi connectivity index (χ1v) is 6.34. The van der Waals surface area contributed by atoms with Gasteiger partial charge in [0.1, 0.15) is 16.6 Å². The van der Waals surface area contributed by atoms with E-state index in [0.717, 1.165) is 4.47 Å². The van der Waals surface area contributed by atoms with Gasteiger partial charge in [0.15, 0.2) is 0 Å². The summed E-state index contributed by atoms with van der Waals surface area (Å²) in [6.07, 6.45) is 1.57. The molecule has 0 unspecified atom stereocenters. The van der Waals surface area contributed by atoms with E-state index in [2.05, 4.69) is 25.9 Å². The maximum Gasteiger partial charge on any atom is 0.232 e. The summed E-state index contributed by atoms with van der Waals surface area (Å²) in [6, 6.07) is 7.47. The molecular formula is C12H10BrN3OS. The number of halogens is 1. The van der Waals surface area contributed by atoms with Gasteiger partial charge in [0.05, 0.1) is 10.0 Å². The van der Waals surface area contributed by atoms with Crippen LogP contribution in [0.25, 0.3) is 0 Å². The first kappa shape index (κ1) is 12.9. The third-order valence-corrected chi connectivity index (χ3v) is 3.06. The van der Waals surface area contributed by atoms with E-state index in [1.165, 1.54) is 0 Å². The van der Waals surface area contributed by atoms with Crippen LogP contribution in [0.1, 0.15) is 11.4 Å². The molecule has 0 aliphatic carbocycles. The normalized spacial score (nSPS) is 10.1. The van der Waals surface area contributed by atoms with Crippen molar-refractivity contribution in [3.05, 3.63) is 46.3 Å². The molecule has 1 aromatic carbocycles. The molecule has 1 aromatic heterocycles. The number of nitrogens with zero attached hydrogens (tertiary/aromatic N) is 2. The van der Waals surface area contributed by atoms with Crippen molar-refractivity contribution >= 4 is 33.1 Å². The van der Waals surface area contributed by atoms with Crippen LogP contribution in [-0.4, -0.2) is 15.0 Å². The molecule has 0 saturated heterocycles. The van der Waals surface area contributed by atoms with Gasteiger partial charge in [-0.05, 0) is 35.0 Å². The molecule has 0 saturated carbocycles. The molecule has 0 atom stereocenters. The summed E-state index contributed by atoms with van der Waals surface area (Å²) in [5.41, 5.74) is 6.14. The van der Waals surface area contributed by atoms with Crippen molar-refractivity contribution in [1.82, 2.24) is 9.97 Å². The third kappa shape index (κ3) is 2.83. The van der Waals surface area contributed by atoms with E-state index in [9.17, 15) is 0 Å². The number of hydrogen-bond donors (Lipinski definition) is 1. The van der Waals surface area contributed by atoms with Gasteiger partial charge in [-0.25, -0.2) is 4.98 Å². The monoisotopic (exact) mass is 323 g/mol. The second-order valence-corrected chi connectivity index (χ2v) is 4.83. The number of thiocarbonyl (C=S) groups is 1. The van der Waals surface area contributed by atoms with Gasteiger partial charge in [0.2, 0.25) is 5.88 Å². The Morgan fingerprint density at radius 3 is 2.78 bits per heavy atom. The number of rotatable bonds is 3. The number of para-hydroxylation sites is 1. The minimum absolute atomic E-state index is 0.206. The van der Waals surface area contributed by atoms with Crippen LogP contribution in [-0.2, 0) is 0 Å². The maximum atomic E-state index is 5.72. The minimum Gasteiger partial charge on any atom is -0.437 e. The molecule has 0 aliphatic heterocycles. The quantitative estimate of drug-likeness (QED) is 0.880. The first-order chi connectivity index (χ1) is 8.58. The van der Waals surface area contributed by atoms with E-state index >= 15 is 0 Å². The zero-order valence-electron chi connectivity index (χ0n) is 9.55. The lowest BCUT2D eigenvalue weighted by Gasteiger charge is -2.10. The molecule has 0 amide bonds. The Morgan fingerprint density at radius 1 is 1.39 bits per heavy atom. The van der Waals surface area contributed by atoms with Crippen molar-refractivity contribution in [2.45, 2.75) is 6.92 Å². The summed E-state index contributed by atoms with van der Waals surface area (Å²) in [5.74, 6) is 1.60. The Kier molecular flexibility index (Phi) is 3.88. The van der Waals surface area contributed by atoms with Crippen LogP contribution in [0.15, 0.2) is 34.9 Å². The highest BCUT2D eigenvalue weighted by atomic mass is 79.9. The summed E-state index contributed by atoms with van der Waals surface area (Å²) in [6.45, 7) is 1.77. The van der Waals surface area contributed by atoms with Crippen molar-refractivity contribution in [3.8, 4) is 11.6 Å². The lowest BCUT2D eigenvalue weighted by Crippen LogP contribution is -2.13. The molecule has 6 heteroatoms. The molecule has 0 bridgehead atoms. The molecule has 2 rings (SSSR count). The van der Waals surface area contributed by atoms with E-state index in [1.54, 1.807) is 13.1 Å². The predicted octanol–water partition coefficient (Wildman–Crippen LogP) is 2.97. The van der Waals surface area contributed by atoms with Crippen LogP contribution in [0.2, 0.25) is 0 Å². The van der Waals surface area contributed by atoms with Crippen molar-refractivity contribution < 1.29 is 4.74 Å². The number of nitrogens with two attached hydrogens (primary N) is 1. The van der Waals surface area contributed by atoms with Crippen LogP contribution < -0.4 is 10.5 Å². The first-order valence-electron chi connectivity index (χ1n) is 5.14. The van der Waals surface area contributed by atoms with Gasteiger partial charge in [-0.3, -0.25) is 0 Å². The van der Waals surface area contributed by atoms with Crippen LogP contribution in [0.3, 0.4) is 0 Å². The number of benzene rings is 1. The fourth-order valence-corrected chi connectivity index (χ4v) is 1.83. The average molecular weight is 324 g/mol. The molecular weight excluding hydrogens is 314 g/mol. The van der Waals surface area contributed by atoms with Crippen molar-refractivity contribution in [1.29, 1.82) is 0 Å². The fraction of sp³-hybridized carbons (Fsp3) is 0.0833. The van der Waals surface area contributed by atoms with Gasteiger partial charge in [0.25, 0.3) is 0 Å². The highest BCUT2D eigenvalue weighted by Gasteiger charge is 2.12. The number of aromatic nitrogens is 2. The Labute approximate surface area is 118 Å². The van der Waals surface area contributed by atoms with Gasteiger partial charge in [-0.2, -0.15) is 4.98 Å². The maximum absolute atomic E-state index is 5.72. The molecule has 92 valence electrons. The van der Waals surface area contributed by atoms with Gasteiger partial charge in [-0.15, -0.1) is 0 Å². The molecule has 0 radical (unpaired) electrons. The lowest BCUT2D eigenvalue weighted by molar-refractivity contribution is 0.456. The number of hydrogen-bond acceptors (Lipinski definition) is 4. The average Bonchev–Trinajstić information content (AvgIpc) is 2.32. The Balaban J connectivity index is 2.42. The van der Waals surface area contributed by atoms with Crippen molar-refractivity contribution in [2.75, 3.05) is 0 Å². The van der Waals surface area contributed by atoms with Crippen molar-refractivity contribution in [3.63, 3.8) is 0 Å². The van der Waals surface area contributed by atoms with E-state index in [-0.39, 0.29) is 4.99 Å². The summed E-state index contributed by atoms with van der Waals surface area (Å²) in [5, 5.41) is 0. The SMILES string of the molecule is Cc1ncc(C(N)=S)c(Oc2ccccc2Br)n1. The van der Waals surface area contributed by atoms with Crippen molar-refractivity contribution in [2.24, 2.45) is 5.73 Å². The standard InChI is InChI=1S/C12H10BrN3OS/c1-7-15-6-8(11(14)18)12(16-7)17-10-5-3-2-4-9(10)13/h2-6H,1H3,(H2,14,18). The highest BCUT2D eigenvalue weighted by Crippen LogP contribution is 2.29. The Hall–Kier alpha value is -1.53. The van der Waals surface area contributed by atoms with Gasteiger partial charge in [0, 0.05) is 6.20 Å². The molecule has 0 fully saturated rings. The van der Waals surface area contributed by atoms with Gasteiger partial charge < -0.3 is 10.5 Å². The summed E-state index contributed by atoms with van der Waals surface area (Å²) < 4.78 is 6.55. The van der Waals surface area contributed by atoms with E-state index in [4.69, 9.17) is 22.7 Å². The second kappa shape index (κ2) is 5.41. The molecule has 0 aliphatic rings. The topological polar surface area (TPSA) is 61.0 Å². The Bertz CT molecular complexity index is 604. The molecule has 1 heterocycles. The van der Waals surface area contributed by atoms with Gasteiger partial charge in [-0.1, -0.05) is 24.4 Å². The minimum atomic E-state index is 0.206. The molecule has 18 heavy (non-hydrogen) atoms. The van der Waals surface area contributed by atoms with Crippen LogP contribution in [0.4, 0.5) is 0 Å². The lowest BCUT2D eigenvalue weighted by atomic mass is 10.3. The van der Waals surface area contributed by atoms with E-state index in [1.807, 2.05) is 24.3 Å². The van der Waals surface area contributed by atoms with Crippen LogP contribution in [0.5, 0.6) is 11.6 Å². The predicted molar refractivity (Wildman–Crippen MR) is 76.9 cm³/mol. The smallest absolute Gasteiger partial charge is 0.232 e. The number of ether oxygens (including phenoxy) is 1. The van der Waals surface area contributed by atoms with E-state index in [0.29, 0.717) is 23.0 Å². The highest BCUT2D eigenvalue weighted by molar-refractivity contribution is 9.10. The fourth-order valence-electron chi connectivity index (χ4n) is 1.33. The molecule has 4 nitrogen and oxygen atoms in total. The van der Waals surface area contributed by atoms with Crippen LogP contribution in [0, 0.1) is 6.92 Å².